The highest BCUT2D eigenvalue weighted by atomic mass is 16.7. The molecular formula is C15H22BNO3. The van der Waals surface area contributed by atoms with Gasteiger partial charge in [-0.2, -0.15) is 0 Å². The van der Waals surface area contributed by atoms with Crippen molar-refractivity contribution in [3.63, 3.8) is 0 Å². The zero-order valence-corrected chi connectivity index (χ0v) is 12.7. The van der Waals surface area contributed by atoms with Crippen LogP contribution in [0.1, 0.15) is 33.3 Å². The van der Waals surface area contributed by atoms with E-state index in [1.54, 1.807) is 0 Å². The molecule has 2 aliphatic rings. The molecular weight excluding hydrogens is 253 g/mol. The Kier molecular flexibility index (Phi) is 3.39. The fraction of sp³-hybridized carbons (Fsp3) is 0.667. The van der Waals surface area contributed by atoms with Crippen molar-refractivity contribution in [1.82, 2.24) is 4.98 Å². The van der Waals surface area contributed by atoms with Gasteiger partial charge in [-0.1, -0.05) is 0 Å². The number of aromatic nitrogens is 1. The maximum absolute atomic E-state index is 6.04. The Bertz CT molecular complexity index is 484. The molecule has 0 spiro atoms. The van der Waals surface area contributed by atoms with Crippen molar-refractivity contribution in [3.8, 4) is 0 Å². The van der Waals surface area contributed by atoms with Gasteiger partial charge in [-0.25, -0.2) is 0 Å². The van der Waals surface area contributed by atoms with E-state index in [2.05, 4.69) is 44.8 Å². The summed E-state index contributed by atoms with van der Waals surface area (Å²) in [7, 11) is -0.377. The highest BCUT2D eigenvalue weighted by molar-refractivity contribution is 6.61. The monoisotopic (exact) mass is 275 g/mol. The third-order valence-corrected chi connectivity index (χ3v) is 4.57. The number of hydrogen-bond donors (Lipinski definition) is 0. The lowest BCUT2D eigenvalue weighted by Crippen LogP contribution is -2.41. The van der Waals surface area contributed by atoms with Crippen LogP contribution in [0.25, 0.3) is 0 Å². The van der Waals surface area contributed by atoms with Crippen LogP contribution >= 0.6 is 0 Å². The van der Waals surface area contributed by atoms with Gasteiger partial charge in [0, 0.05) is 12.1 Å². The molecule has 0 radical (unpaired) electrons. The van der Waals surface area contributed by atoms with Crippen LogP contribution in [0.4, 0.5) is 0 Å². The molecule has 1 aromatic heterocycles. The maximum atomic E-state index is 6.04. The molecule has 2 aliphatic heterocycles. The van der Waals surface area contributed by atoms with E-state index < -0.39 is 0 Å². The molecule has 0 saturated carbocycles. The SMILES string of the molecule is CC1(C)OB(c2cc(CC3COC3)ccn2)OC1(C)C. The molecule has 5 heteroatoms. The fourth-order valence-corrected chi connectivity index (χ4v) is 2.45. The van der Waals surface area contributed by atoms with Crippen LogP contribution in [-0.4, -0.2) is 36.5 Å². The molecule has 0 aromatic carbocycles. The molecule has 0 aliphatic carbocycles. The quantitative estimate of drug-likeness (QED) is 0.785. The van der Waals surface area contributed by atoms with Crippen molar-refractivity contribution in [2.45, 2.75) is 45.3 Å². The number of ether oxygens (including phenoxy) is 1. The van der Waals surface area contributed by atoms with Gasteiger partial charge in [0.2, 0.25) is 0 Å². The first-order valence-electron chi connectivity index (χ1n) is 7.26. The Morgan fingerprint density at radius 3 is 2.40 bits per heavy atom. The normalized spacial score (nSPS) is 24.7. The van der Waals surface area contributed by atoms with Gasteiger partial charge in [-0.3, -0.25) is 4.98 Å². The highest BCUT2D eigenvalue weighted by Gasteiger charge is 2.52. The topological polar surface area (TPSA) is 40.6 Å². The molecule has 0 bridgehead atoms. The zero-order chi connectivity index (χ0) is 14.4. The molecule has 2 saturated heterocycles. The summed E-state index contributed by atoms with van der Waals surface area (Å²) in [6.07, 6.45) is 2.88. The summed E-state index contributed by atoms with van der Waals surface area (Å²) in [4.78, 5) is 4.42. The van der Waals surface area contributed by atoms with E-state index in [9.17, 15) is 0 Å². The second kappa shape index (κ2) is 4.83. The van der Waals surface area contributed by atoms with Gasteiger partial charge in [0.15, 0.2) is 0 Å². The number of rotatable bonds is 3. The van der Waals surface area contributed by atoms with Gasteiger partial charge in [0.1, 0.15) is 0 Å². The van der Waals surface area contributed by atoms with E-state index in [0.717, 1.165) is 25.2 Å². The van der Waals surface area contributed by atoms with Crippen LogP contribution in [0.2, 0.25) is 0 Å². The summed E-state index contributed by atoms with van der Waals surface area (Å²) in [5.41, 5.74) is 1.49. The van der Waals surface area contributed by atoms with Gasteiger partial charge in [-0.15, -0.1) is 0 Å². The number of hydrogen-bond acceptors (Lipinski definition) is 4. The Labute approximate surface area is 121 Å². The first-order chi connectivity index (χ1) is 9.37. The van der Waals surface area contributed by atoms with Gasteiger partial charge in [0.25, 0.3) is 0 Å². The lowest BCUT2D eigenvalue weighted by atomic mass is 9.82. The third-order valence-electron chi connectivity index (χ3n) is 4.57. The van der Waals surface area contributed by atoms with E-state index in [1.165, 1.54) is 5.56 Å². The minimum atomic E-state index is -0.377. The average molecular weight is 275 g/mol. The maximum Gasteiger partial charge on any atom is 0.514 e. The summed E-state index contributed by atoms with van der Waals surface area (Å²) in [6.45, 7) is 9.97. The molecule has 0 amide bonds. The second-order valence-electron chi connectivity index (χ2n) is 6.78. The Balaban J connectivity index is 1.76. The third kappa shape index (κ3) is 2.50. The summed E-state index contributed by atoms with van der Waals surface area (Å²) in [6, 6.07) is 4.16. The summed E-state index contributed by atoms with van der Waals surface area (Å²) < 4.78 is 17.3. The molecule has 2 fully saturated rings. The molecule has 0 N–H and O–H groups in total. The zero-order valence-electron chi connectivity index (χ0n) is 12.7. The Hall–Kier alpha value is -0.905. The lowest BCUT2D eigenvalue weighted by molar-refractivity contribution is -0.0312. The summed E-state index contributed by atoms with van der Waals surface area (Å²) in [5, 5.41) is 0. The van der Waals surface area contributed by atoms with E-state index >= 15 is 0 Å². The Morgan fingerprint density at radius 2 is 1.85 bits per heavy atom. The smallest absolute Gasteiger partial charge is 0.398 e. The standard InChI is InChI=1S/C15H22BNO3/c1-14(2)15(3,4)20-16(19-14)13-8-11(5-6-17-13)7-12-9-18-10-12/h5-6,8,12H,7,9-10H2,1-4H3. The number of nitrogens with zero attached hydrogens (tertiary/aromatic N) is 1. The van der Waals surface area contributed by atoms with Crippen molar-refractivity contribution < 1.29 is 14.0 Å². The van der Waals surface area contributed by atoms with Crippen LogP contribution in [-0.2, 0) is 20.5 Å². The van der Waals surface area contributed by atoms with Crippen molar-refractivity contribution in [1.29, 1.82) is 0 Å². The van der Waals surface area contributed by atoms with E-state index in [4.69, 9.17) is 14.0 Å². The summed E-state index contributed by atoms with van der Waals surface area (Å²) in [5.74, 6) is 0.642. The van der Waals surface area contributed by atoms with Gasteiger partial charge in [-0.05, 0) is 51.8 Å². The molecule has 108 valence electrons. The van der Waals surface area contributed by atoms with E-state index in [-0.39, 0.29) is 18.3 Å². The molecule has 20 heavy (non-hydrogen) atoms. The summed E-state index contributed by atoms with van der Waals surface area (Å²) >= 11 is 0. The van der Waals surface area contributed by atoms with Crippen LogP contribution < -0.4 is 5.59 Å². The minimum Gasteiger partial charge on any atom is -0.398 e. The average Bonchev–Trinajstić information content (AvgIpc) is 2.54. The molecule has 0 atom stereocenters. The van der Waals surface area contributed by atoms with Crippen LogP contribution in [0, 0.1) is 5.92 Å². The molecule has 4 nitrogen and oxygen atoms in total. The fourth-order valence-electron chi connectivity index (χ4n) is 2.45. The predicted molar refractivity (Wildman–Crippen MR) is 78.0 cm³/mol. The first kappa shape index (κ1) is 14.0. The van der Waals surface area contributed by atoms with Crippen molar-refractivity contribution >= 4 is 12.7 Å². The molecule has 3 rings (SSSR count). The molecule has 1 aromatic rings. The van der Waals surface area contributed by atoms with Gasteiger partial charge < -0.3 is 14.0 Å². The van der Waals surface area contributed by atoms with Gasteiger partial charge in [0.05, 0.1) is 30.0 Å². The van der Waals surface area contributed by atoms with E-state index in [1.807, 2.05) is 6.20 Å². The van der Waals surface area contributed by atoms with Crippen LogP contribution in [0.5, 0.6) is 0 Å². The number of pyridine rings is 1. The van der Waals surface area contributed by atoms with Crippen molar-refractivity contribution in [2.75, 3.05) is 13.2 Å². The Morgan fingerprint density at radius 1 is 1.20 bits per heavy atom. The second-order valence-corrected chi connectivity index (χ2v) is 6.78. The van der Waals surface area contributed by atoms with Crippen molar-refractivity contribution in [3.05, 3.63) is 23.9 Å². The van der Waals surface area contributed by atoms with Gasteiger partial charge >= 0.3 is 7.12 Å². The van der Waals surface area contributed by atoms with E-state index in [0.29, 0.717) is 5.92 Å². The van der Waals surface area contributed by atoms with Crippen LogP contribution in [0.3, 0.4) is 0 Å². The largest absolute Gasteiger partial charge is 0.514 e. The minimum absolute atomic E-state index is 0.322. The lowest BCUT2D eigenvalue weighted by Gasteiger charge is -2.32. The predicted octanol–water partition coefficient (Wildman–Crippen LogP) is 1.57. The molecule has 3 heterocycles. The first-order valence-corrected chi connectivity index (χ1v) is 7.26. The van der Waals surface area contributed by atoms with Crippen LogP contribution in [0.15, 0.2) is 18.3 Å². The molecule has 0 unspecified atom stereocenters. The highest BCUT2D eigenvalue weighted by Crippen LogP contribution is 2.36. The van der Waals surface area contributed by atoms with Crippen molar-refractivity contribution in [2.24, 2.45) is 5.92 Å².